The van der Waals surface area contributed by atoms with Crippen molar-refractivity contribution in [3.63, 3.8) is 0 Å². The molecule has 0 aromatic carbocycles. The lowest BCUT2D eigenvalue weighted by Gasteiger charge is -2.30. The summed E-state index contributed by atoms with van der Waals surface area (Å²) in [6.07, 6.45) is 1.81. The lowest BCUT2D eigenvalue weighted by molar-refractivity contribution is -0.149. The van der Waals surface area contributed by atoms with Gasteiger partial charge in [0.05, 0.1) is 12.5 Å². The van der Waals surface area contributed by atoms with Crippen LogP contribution in [0.1, 0.15) is 40.0 Å². The minimum atomic E-state index is -0.272. The Bertz CT molecular complexity index is 285. The van der Waals surface area contributed by atoms with Crippen molar-refractivity contribution in [2.45, 2.75) is 46.1 Å². The van der Waals surface area contributed by atoms with Gasteiger partial charge in [-0.25, -0.2) is 4.79 Å². The number of hydrogen-bond donors (Lipinski definition) is 0. The van der Waals surface area contributed by atoms with E-state index >= 15 is 0 Å². The Hall–Kier alpha value is -1.26. The van der Waals surface area contributed by atoms with Gasteiger partial charge in [-0.15, -0.1) is 0 Å². The van der Waals surface area contributed by atoms with Gasteiger partial charge in [-0.2, -0.15) is 0 Å². The molecule has 0 radical (unpaired) electrons. The van der Waals surface area contributed by atoms with E-state index in [1.807, 2.05) is 13.8 Å². The molecule has 0 aliphatic carbocycles. The first-order chi connectivity index (χ1) is 8.58. The quantitative estimate of drug-likeness (QED) is 0.724. The summed E-state index contributed by atoms with van der Waals surface area (Å²) in [6.45, 7) is 7.21. The fraction of sp³-hybridized carbons (Fsp3) is 0.846. The second-order valence-electron chi connectivity index (χ2n) is 4.62. The lowest BCUT2D eigenvalue weighted by Crippen LogP contribution is -2.41. The topological polar surface area (TPSA) is 55.8 Å². The van der Waals surface area contributed by atoms with E-state index in [9.17, 15) is 9.59 Å². The van der Waals surface area contributed by atoms with Crippen LogP contribution >= 0.6 is 0 Å². The summed E-state index contributed by atoms with van der Waals surface area (Å²) in [6, 6.07) is 0. The van der Waals surface area contributed by atoms with E-state index < -0.39 is 0 Å². The van der Waals surface area contributed by atoms with Crippen LogP contribution in [0.3, 0.4) is 0 Å². The first-order valence-electron chi connectivity index (χ1n) is 6.70. The number of carbonyl (C=O) groups excluding carboxylic acids is 2. The molecule has 0 bridgehead atoms. The molecule has 1 atom stereocenters. The molecule has 5 nitrogen and oxygen atoms in total. The normalized spacial score (nSPS) is 18.3. The van der Waals surface area contributed by atoms with Gasteiger partial charge in [-0.3, -0.25) is 4.79 Å². The summed E-state index contributed by atoms with van der Waals surface area (Å²) < 4.78 is 10.2. The van der Waals surface area contributed by atoms with Crippen molar-refractivity contribution in [3.05, 3.63) is 0 Å². The van der Waals surface area contributed by atoms with E-state index in [1.54, 1.807) is 11.8 Å². The van der Waals surface area contributed by atoms with Crippen LogP contribution in [0.15, 0.2) is 0 Å². The Morgan fingerprint density at radius 2 is 1.89 bits per heavy atom. The van der Waals surface area contributed by atoms with Crippen LogP contribution in [0.4, 0.5) is 4.79 Å². The molecule has 1 fully saturated rings. The third-order valence-electron chi connectivity index (χ3n) is 3.25. The van der Waals surface area contributed by atoms with Crippen molar-refractivity contribution in [2.24, 2.45) is 5.92 Å². The zero-order valence-corrected chi connectivity index (χ0v) is 11.5. The second-order valence-corrected chi connectivity index (χ2v) is 4.62. The van der Waals surface area contributed by atoms with Crippen LogP contribution in [0, 0.1) is 5.92 Å². The van der Waals surface area contributed by atoms with Crippen LogP contribution in [0.2, 0.25) is 0 Å². The molecule has 0 N–H and O–H groups in total. The maximum Gasteiger partial charge on any atom is 0.410 e. The Balaban J connectivity index is 2.34. The zero-order valence-electron chi connectivity index (χ0n) is 11.5. The number of piperidine rings is 1. The Labute approximate surface area is 108 Å². The van der Waals surface area contributed by atoms with Gasteiger partial charge in [0.25, 0.3) is 0 Å². The predicted molar refractivity (Wildman–Crippen MR) is 67.2 cm³/mol. The van der Waals surface area contributed by atoms with Crippen molar-refractivity contribution in [1.29, 1.82) is 0 Å². The van der Waals surface area contributed by atoms with Gasteiger partial charge in [-0.1, -0.05) is 6.92 Å². The molecule has 1 aliphatic rings. The third kappa shape index (κ3) is 4.20. The minimum absolute atomic E-state index is 0.0553. The number of hydrogen-bond acceptors (Lipinski definition) is 4. The number of nitrogens with zero attached hydrogens (tertiary/aromatic N) is 1. The summed E-state index contributed by atoms with van der Waals surface area (Å²) in [5, 5.41) is 0. The fourth-order valence-corrected chi connectivity index (χ4v) is 1.89. The van der Waals surface area contributed by atoms with Gasteiger partial charge in [0.2, 0.25) is 0 Å². The van der Waals surface area contributed by atoms with Crippen molar-refractivity contribution in [2.75, 3.05) is 19.7 Å². The molecule has 5 heteroatoms. The van der Waals surface area contributed by atoms with Gasteiger partial charge < -0.3 is 14.4 Å². The highest BCUT2D eigenvalue weighted by atomic mass is 16.6. The van der Waals surface area contributed by atoms with E-state index in [1.165, 1.54) is 0 Å². The van der Waals surface area contributed by atoms with Crippen LogP contribution in [0.25, 0.3) is 0 Å². The second kappa shape index (κ2) is 7.24. The molecule has 0 aromatic heterocycles. The van der Waals surface area contributed by atoms with Crippen LogP contribution < -0.4 is 0 Å². The summed E-state index contributed by atoms with van der Waals surface area (Å²) in [5.41, 5.74) is 0. The summed E-state index contributed by atoms with van der Waals surface area (Å²) in [4.78, 5) is 25.0. The van der Waals surface area contributed by atoms with Crippen molar-refractivity contribution in [3.8, 4) is 0 Å². The Morgan fingerprint density at radius 3 is 2.39 bits per heavy atom. The summed E-state index contributed by atoms with van der Waals surface area (Å²) in [7, 11) is 0. The molecule has 104 valence electrons. The van der Waals surface area contributed by atoms with E-state index in [2.05, 4.69) is 0 Å². The van der Waals surface area contributed by atoms with E-state index in [4.69, 9.17) is 9.47 Å². The SMILES string of the molecule is CCOC(=O)C1CCN(C(=O)OC(C)CC)CC1. The number of amides is 1. The molecule has 1 saturated heterocycles. The molecular weight excluding hydrogens is 234 g/mol. The fourth-order valence-electron chi connectivity index (χ4n) is 1.89. The van der Waals surface area contributed by atoms with Gasteiger partial charge in [0, 0.05) is 13.1 Å². The zero-order chi connectivity index (χ0) is 13.5. The number of likely N-dealkylation sites (tertiary alicyclic amines) is 1. The number of esters is 1. The highest BCUT2D eigenvalue weighted by Gasteiger charge is 2.29. The third-order valence-corrected chi connectivity index (χ3v) is 3.25. The van der Waals surface area contributed by atoms with Gasteiger partial charge in [-0.05, 0) is 33.1 Å². The first kappa shape index (κ1) is 14.8. The van der Waals surface area contributed by atoms with Crippen molar-refractivity contribution in [1.82, 2.24) is 4.90 Å². The Kier molecular flexibility index (Phi) is 5.95. The Morgan fingerprint density at radius 1 is 1.28 bits per heavy atom. The van der Waals surface area contributed by atoms with Gasteiger partial charge in [0.15, 0.2) is 0 Å². The highest BCUT2D eigenvalue weighted by Crippen LogP contribution is 2.19. The number of ether oxygens (including phenoxy) is 2. The highest BCUT2D eigenvalue weighted by molar-refractivity contribution is 5.73. The van der Waals surface area contributed by atoms with Crippen LogP contribution in [-0.2, 0) is 14.3 Å². The standard InChI is InChI=1S/C13H23NO4/c1-4-10(3)18-13(16)14-8-6-11(7-9-14)12(15)17-5-2/h10-11H,4-9H2,1-3H3. The van der Waals surface area contributed by atoms with Gasteiger partial charge >= 0.3 is 12.1 Å². The smallest absolute Gasteiger partial charge is 0.410 e. The summed E-state index contributed by atoms with van der Waals surface area (Å²) in [5.74, 6) is -0.218. The lowest BCUT2D eigenvalue weighted by atomic mass is 9.97. The molecule has 1 aliphatic heterocycles. The molecule has 0 aromatic rings. The molecule has 18 heavy (non-hydrogen) atoms. The van der Waals surface area contributed by atoms with Crippen LogP contribution in [-0.4, -0.2) is 42.8 Å². The van der Waals surface area contributed by atoms with E-state index in [0.717, 1.165) is 6.42 Å². The summed E-state index contributed by atoms with van der Waals surface area (Å²) >= 11 is 0. The first-order valence-corrected chi connectivity index (χ1v) is 6.70. The largest absolute Gasteiger partial charge is 0.466 e. The predicted octanol–water partition coefficient (Wildman–Crippen LogP) is 2.20. The van der Waals surface area contributed by atoms with Crippen molar-refractivity contribution < 1.29 is 19.1 Å². The average molecular weight is 257 g/mol. The average Bonchev–Trinajstić information content (AvgIpc) is 2.39. The molecule has 1 amide bonds. The monoisotopic (exact) mass is 257 g/mol. The molecule has 0 spiro atoms. The minimum Gasteiger partial charge on any atom is -0.466 e. The van der Waals surface area contributed by atoms with Crippen LogP contribution in [0.5, 0.6) is 0 Å². The molecular formula is C13H23NO4. The molecule has 0 saturated carbocycles. The van der Waals surface area contributed by atoms with Gasteiger partial charge in [0.1, 0.15) is 6.10 Å². The molecule has 1 heterocycles. The maximum atomic E-state index is 11.8. The van der Waals surface area contributed by atoms with E-state index in [0.29, 0.717) is 32.5 Å². The van der Waals surface area contributed by atoms with E-state index in [-0.39, 0.29) is 24.1 Å². The molecule has 1 unspecified atom stereocenters. The molecule has 1 rings (SSSR count). The maximum absolute atomic E-state index is 11.8. The number of carbonyl (C=O) groups is 2. The number of rotatable bonds is 4. The van der Waals surface area contributed by atoms with Crippen molar-refractivity contribution >= 4 is 12.1 Å².